The standard InChI is InChI=1S/C14H22N2O2/c1-11(10-17)9-16-14(18)13-6-4-3-5-12(13)7-8-15-2/h3-6,11,15,17H,7-10H2,1-2H3,(H,16,18). The number of carbonyl (C=O) groups excluding carboxylic acids is 1. The first-order valence-electron chi connectivity index (χ1n) is 6.30. The molecule has 0 saturated carbocycles. The van der Waals surface area contributed by atoms with Gasteiger partial charge in [-0.1, -0.05) is 25.1 Å². The van der Waals surface area contributed by atoms with Crippen molar-refractivity contribution in [3.63, 3.8) is 0 Å². The van der Waals surface area contributed by atoms with Crippen LogP contribution in [0.4, 0.5) is 0 Å². The molecule has 0 fully saturated rings. The Kier molecular flexibility index (Phi) is 6.39. The van der Waals surface area contributed by atoms with Crippen LogP contribution in [0.15, 0.2) is 24.3 Å². The van der Waals surface area contributed by atoms with Crippen molar-refractivity contribution in [2.45, 2.75) is 13.3 Å². The van der Waals surface area contributed by atoms with Gasteiger partial charge in [-0.25, -0.2) is 0 Å². The molecule has 1 amide bonds. The van der Waals surface area contributed by atoms with Crippen molar-refractivity contribution in [1.29, 1.82) is 0 Å². The normalized spacial score (nSPS) is 12.2. The van der Waals surface area contributed by atoms with Crippen LogP contribution in [-0.2, 0) is 6.42 Å². The zero-order chi connectivity index (χ0) is 13.4. The van der Waals surface area contributed by atoms with Gasteiger partial charge in [0.25, 0.3) is 5.91 Å². The van der Waals surface area contributed by atoms with E-state index >= 15 is 0 Å². The molecule has 1 rings (SSSR count). The monoisotopic (exact) mass is 250 g/mol. The Morgan fingerprint density at radius 1 is 1.39 bits per heavy atom. The molecule has 1 aromatic rings. The van der Waals surface area contributed by atoms with Gasteiger partial charge in [0.2, 0.25) is 0 Å². The molecule has 0 radical (unpaired) electrons. The number of likely N-dealkylation sites (N-methyl/N-ethyl adjacent to an activating group) is 1. The summed E-state index contributed by atoms with van der Waals surface area (Å²) in [6, 6.07) is 7.62. The Balaban J connectivity index is 2.66. The van der Waals surface area contributed by atoms with Crippen LogP contribution in [0.1, 0.15) is 22.8 Å². The SMILES string of the molecule is CNCCc1ccccc1C(=O)NCC(C)CO. The van der Waals surface area contributed by atoms with E-state index in [4.69, 9.17) is 5.11 Å². The first-order chi connectivity index (χ1) is 8.69. The molecule has 3 N–H and O–H groups in total. The molecule has 0 aliphatic carbocycles. The second-order valence-corrected chi connectivity index (χ2v) is 4.51. The Morgan fingerprint density at radius 2 is 2.11 bits per heavy atom. The lowest BCUT2D eigenvalue weighted by molar-refractivity contribution is 0.0941. The van der Waals surface area contributed by atoms with Gasteiger partial charge >= 0.3 is 0 Å². The number of rotatable bonds is 7. The highest BCUT2D eigenvalue weighted by Gasteiger charge is 2.11. The Hall–Kier alpha value is -1.39. The fraction of sp³-hybridized carbons (Fsp3) is 0.500. The lowest BCUT2D eigenvalue weighted by Crippen LogP contribution is -2.30. The second-order valence-electron chi connectivity index (χ2n) is 4.51. The van der Waals surface area contributed by atoms with Crippen molar-refractivity contribution >= 4 is 5.91 Å². The molecular formula is C14H22N2O2. The van der Waals surface area contributed by atoms with Crippen LogP contribution in [0.5, 0.6) is 0 Å². The fourth-order valence-electron chi connectivity index (χ4n) is 1.65. The van der Waals surface area contributed by atoms with Gasteiger partial charge in [-0.05, 0) is 37.6 Å². The second kappa shape index (κ2) is 7.84. The third-order valence-corrected chi connectivity index (χ3v) is 2.83. The molecule has 4 heteroatoms. The van der Waals surface area contributed by atoms with Crippen LogP contribution in [0, 0.1) is 5.92 Å². The van der Waals surface area contributed by atoms with E-state index in [0.29, 0.717) is 6.54 Å². The molecule has 0 heterocycles. The molecule has 1 unspecified atom stereocenters. The molecule has 0 aliphatic heterocycles. The Morgan fingerprint density at radius 3 is 2.78 bits per heavy atom. The van der Waals surface area contributed by atoms with Gasteiger partial charge < -0.3 is 15.7 Å². The first kappa shape index (κ1) is 14.7. The molecule has 1 atom stereocenters. The summed E-state index contributed by atoms with van der Waals surface area (Å²) in [6.07, 6.45) is 0.829. The summed E-state index contributed by atoms with van der Waals surface area (Å²) < 4.78 is 0. The van der Waals surface area contributed by atoms with Crippen LogP contribution >= 0.6 is 0 Å². The first-order valence-corrected chi connectivity index (χ1v) is 6.30. The molecule has 100 valence electrons. The van der Waals surface area contributed by atoms with Crippen LogP contribution in [0.3, 0.4) is 0 Å². The van der Waals surface area contributed by atoms with Crippen molar-refractivity contribution in [2.24, 2.45) is 5.92 Å². The highest BCUT2D eigenvalue weighted by atomic mass is 16.3. The summed E-state index contributed by atoms with van der Waals surface area (Å²) >= 11 is 0. The summed E-state index contributed by atoms with van der Waals surface area (Å²) in [6.45, 7) is 3.32. The van der Waals surface area contributed by atoms with Crippen molar-refractivity contribution < 1.29 is 9.90 Å². The smallest absolute Gasteiger partial charge is 0.251 e. The van der Waals surface area contributed by atoms with Crippen LogP contribution < -0.4 is 10.6 Å². The molecule has 1 aromatic carbocycles. The summed E-state index contributed by atoms with van der Waals surface area (Å²) in [5, 5.41) is 14.9. The van der Waals surface area contributed by atoms with Gasteiger partial charge in [-0.15, -0.1) is 0 Å². The third kappa shape index (κ3) is 4.47. The minimum atomic E-state index is -0.0676. The molecule has 0 spiro atoms. The number of hydrogen-bond donors (Lipinski definition) is 3. The highest BCUT2D eigenvalue weighted by molar-refractivity contribution is 5.95. The molecule has 0 aromatic heterocycles. The van der Waals surface area contributed by atoms with Crippen molar-refractivity contribution in [3.8, 4) is 0 Å². The topological polar surface area (TPSA) is 61.4 Å². The maximum absolute atomic E-state index is 12.0. The van der Waals surface area contributed by atoms with Crippen LogP contribution in [-0.4, -0.2) is 37.8 Å². The number of hydrogen-bond acceptors (Lipinski definition) is 3. The quantitative estimate of drug-likeness (QED) is 0.671. The number of aliphatic hydroxyl groups is 1. The maximum Gasteiger partial charge on any atom is 0.251 e. The van der Waals surface area contributed by atoms with Crippen LogP contribution in [0.2, 0.25) is 0 Å². The fourth-order valence-corrected chi connectivity index (χ4v) is 1.65. The highest BCUT2D eigenvalue weighted by Crippen LogP contribution is 2.09. The van der Waals surface area contributed by atoms with Crippen molar-refractivity contribution in [2.75, 3.05) is 26.7 Å². The van der Waals surface area contributed by atoms with E-state index in [2.05, 4.69) is 10.6 Å². The van der Waals surface area contributed by atoms with E-state index in [0.717, 1.165) is 24.1 Å². The zero-order valence-electron chi connectivity index (χ0n) is 11.1. The van der Waals surface area contributed by atoms with Gasteiger partial charge in [0, 0.05) is 18.7 Å². The average molecular weight is 250 g/mol. The summed E-state index contributed by atoms with van der Waals surface area (Å²) in [7, 11) is 1.89. The van der Waals surface area contributed by atoms with Crippen molar-refractivity contribution in [1.82, 2.24) is 10.6 Å². The van der Waals surface area contributed by atoms with Gasteiger partial charge in [0.1, 0.15) is 0 Å². The number of amides is 1. The van der Waals surface area contributed by atoms with Gasteiger partial charge in [0.05, 0.1) is 0 Å². The molecule has 18 heavy (non-hydrogen) atoms. The van der Waals surface area contributed by atoms with E-state index < -0.39 is 0 Å². The average Bonchev–Trinajstić information content (AvgIpc) is 2.42. The number of aliphatic hydroxyl groups excluding tert-OH is 1. The van der Waals surface area contributed by atoms with E-state index in [-0.39, 0.29) is 18.4 Å². The Labute approximate surface area is 108 Å². The molecule has 0 bridgehead atoms. The molecule has 4 nitrogen and oxygen atoms in total. The van der Waals surface area contributed by atoms with Gasteiger partial charge in [-0.3, -0.25) is 4.79 Å². The summed E-state index contributed by atoms with van der Waals surface area (Å²) in [5.41, 5.74) is 1.76. The van der Waals surface area contributed by atoms with E-state index in [1.807, 2.05) is 38.2 Å². The predicted octanol–water partition coefficient (Wildman–Crippen LogP) is 0.807. The zero-order valence-corrected chi connectivity index (χ0v) is 11.1. The Bertz CT molecular complexity index is 380. The number of carbonyl (C=O) groups is 1. The minimum Gasteiger partial charge on any atom is -0.396 e. The predicted molar refractivity (Wildman–Crippen MR) is 72.7 cm³/mol. The van der Waals surface area contributed by atoms with E-state index in [1.165, 1.54) is 0 Å². The maximum atomic E-state index is 12.0. The third-order valence-electron chi connectivity index (χ3n) is 2.83. The molecular weight excluding hydrogens is 228 g/mol. The lowest BCUT2D eigenvalue weighted by Gasteiger charge is -2.12. The summed E-state index contributed by atoms with van der Waals surface area (Å²) in [4.78, 5) is 12.0. The molecule has 0 aliphatic rings. The van der Waals surface area contributed by atoms with Gasteiger partial charge in [0.15, 0.2) is 0 Å². The minimum absolute atomic E-state index is 0.0676. The lowest BCUT2D eigenvalue weighted by atomic mass is 10.0. The summed E-state index contributed by atoms with van der Waals surface area (Å²) in [5.74, 6) is 0.0143. The number of nitrogens with one attached hydrogen (secondary N) is 2. The van der Waals surface area contributed by atoms with Crippen molar-refractivity contribution in [3.05, 3.63) is 35.4 Å². The van der Waals surface area contributed by atoms with E-state index in [1.54, 1.807) is 0 Å². The largest absolute Gasteiger partial charge is 0.396 e. The van der Waals surface area contributed by atoms with Gasteiger partial charge in [-0.2, -0.15) is 0 Å². The van der Waals surface area contributed by atoms with E-state index in [9.17, 15) is 4.79 Å². The van der Waals surface area contributed by atoms with Crippen LogP contribution in [0.25, 0.3) is 0 Å². The molecule has 0 saturated heterocycles. The number of benzene rings is 1.